The molecule has 8 heteroatoms. The molecule has 0 aromatic carbocycles. The zero-order chi connectivity index (χ0) is 17.5. The van der Waals surface area contributed by atoms with Crippen molar-refractivity contribution >= 4 is 51.8 Å². The third kappa shape index (κ3) is 6.80. The minimum absolute atomic E-state index is 0. The number of hydrogen-bond acceptors (Lipinski definition) is 2. The normalized spacial score (nSPS) is 14.4. The number of halogens is 2. The molecule has 0 atom stereocenters. The molecule has 1 fully saturated rings. The number of aromatic nitrogens is 1. The molecule has 142 valence electrons. The summed E-state index contributed by atoms with van der Waals surface area (Å²) in [5.74, 6) is 1.06. The van der Waals surface area contributed by atoms with Gasteiger partial charge < -0.3 is 19.7 Å². The summed E-state index contributed by atoms with van der Waals surface area (Å²) in [6, 6.07) is 2.11. The predicted molar refractivity (Wildman–Crippen MR) is 116 cm³/mol. The van der Waals surface area contributed by atoms with Crippen molar-refractivity contribution in [2.24, 2.45) is 12.0 Å². The van der Waals surface area contributed by atoms with Crippen molar-refractivity contribution in [2.45, 2.75) is 32.7 Å². The van der Waals surface area contributed by atoms with E-state index in [-0.39, 0.29) is 29.9 Å². The Morgan fingerprint density at radius 3 is 2.64 bits per heavy atom. The van der Waals surface area contributed by atoms with Crippen molar-refractivity contribution in [3.63, 3.8) is 0 Å². The van der Waals surface area contributed by atoms with Gasteiger partial charge in [-0.05, 0) is 41.8 Å². The quantitative estimate of drug-likeness (QED) is 0.353. The van der Waals surface area contributed by atoms with E-state index in [0.29, 0.717) is 13.0 Å². The number of nitrogens with one attached hydrogen (secondary N) is 1. The minimum atomic E-state index is 0. The summed E-state index contributed by atoms with van der Waals surface area (Å²) in [6.07, 6.45) is 4.79. The van der Waals surface area contributed by atoms with E-state index in [4.69, 9.17) is 0 Å². The average molecular weight is 526 g/mol. The number of hydrogen-bond donors (Lipinski definition) is 1. The summed E-state index contributed by atoms with van der Waals surface area (Å²) in [6.45, 7) is 5.96. The molecule has 1 saturated heterocycles. The second-order valence-electron chi connectivity index (χ2n) is 6.19. The molecule has 0 aliphatic carbocycles. The van der Waals surface area contributed by atoms with Crippen molar-refractivity contribution in [3.8, 4) is 0 Å². The van der Waals surface area contributed by atoms with Crippen LogP contribution in [-0.2, 0) is 18.4 Å². The molecule has 0 radical (unpaired) electrons. The van der Waals surface area contributed by atoms with E-state index in [2.05, 4.69) is 48.7 Å². The second kappa shape index (κ2) is 11.1. The van der Waals surface area contributed by atoms with Crippen LogP contribution in [0, 0.1) is 0 Å². The number of aliphatic imine (C=N–C) groups is 1. The molecule has 2 heterocycles. The standard InChI is InChI=1S/C17H28BrN5O.HI/c1-4-19-17(20-8-7-16(24)23-9-5-6-10-23)22(3)13-15-11-14(18)12-21(15)2;/h11-12H,4-10,13H2,1-3H3,(H,19,20);1H. The van der Waals surface area contributed by atoms with Crippen molar-refractivity contribution in [1.82, 2.24) is 19.7 Å². The Morgan fingerprint density at radius 2 is 2.08 bits per heavy atom. The maximum atomic E-state index is 12.1. The first-order chi connectivity index (χ1) is 11.5. The van der Waals surface area contributed by atoms with Crippen molar-refractivity contribution in [1.29, 1.82) is 0 Å². The maximum Gasteiger partial charge on any atom is 0.224 e. The number of nitrogens with zero attached hydrogens (tertiary/aromatic N) is 4. The molecule has 1 aromatic heterocycles. The lowest BCUT2D eigenvalue weighted by Crippen LogP contribution is -2.39. The Hall–Kier alpha value is -0.770. The van der Waals surface area contributed by atoms with Crippen LogP contribution in [0.5, 0.6) is 0 Å². The lowest BCUT2D eigenvalue weighted by atomic mass is 10.3. The number of carbonyl (C=O) groups is 1. The molecular formula is C17H29BrIN5O. The van der Waals surface area contributed by atoms with Crippen LogP contribution >= 0.6 is 39.9 Å². The molecule has 2 rings (SSSR count). The van der Waals surface area contributed by atoms with Crippen molar-refractivity contribution in [3.05, 3.63) is 22.4 Å². The monoisotopic (exact) mass is 525 g/mol. The highest BCUT2D eigenvalue weighted by molar-refractivity contribution is 14.0. The zero-order valence-electron chi connectivity index (χ0n) is 15.3. The van der Waals surface area contributed by atoms with Crippen LogP contribution in [0.3, 0.4) is 0 Å². The summed E-state index contributed by atoms with van der Waals surface area (Å²) >= 11 is 3.50. The fourth-order valence-electron chi connectivity index (χ4n) is 2.89. The number of likely N-dealkylation sites (tertiary alicyclic amines) is 1. The van der Waals surface area contributed by atoms with Gasteiger partial charge in [0.25, 0.3) is 0 Å². The Bertz CT molecular complexity index is 584. The third-order valence-electron chi connectivity index (χ3n) is 4.22. The fraction of sp³-hybridized carbons (Fsp3) is 0.647. The van der Waals surface area contributed by atoms with Gasteiger partial charge in [-0.2, -0.15) is 0 Å². The van der Waals surface area contributed by atoms with E-state index in [0.717, 1.165) is 49.5 Å². The van der Waals surface area contributed by atoms with Gasteiger partial charge in [0.1, 0.15) is 0 Å². The molecule has 0 bridgehead atoms. The summed E-state index contributed by atoms with van der Waals surface area (Å²) in [4.78, 5) is 20.8. The number of rotatable bonds is 6. The lowest BCUT2D eigenvalue weighted by molar-refractivity contribution is -0.129. The van der Waals surface area contributed by atoms with Crippen LogP contribution in [0.25, 0.3) is 0 Å². The summed E-state index contributed by atoms with van der Waals surface area (Å²) < 4.78 is 3.17. The topological polar surface area (TPSA) is 52.9 Å². The first kappa shape index (κ1) is 22.3. The number of amides is 1. The first-order valence-corrected chi connectivity index (χ1v) is 9.38. The van der Waals surface area contributed by atoms with Gasteiger partial charge in [-0.25, -0.2) is 0 Å². The van der Waals surface area contributed by atoms with E-state index in [1.54, 1.807) is 0 Å². The smallest absolute Gasteiger partial charge is 0.224 e. The van der Waals surface area contributed by atoms with Crippen LogP contribution < -0.4 is 5.32 Å². The number of aryl methyl sites for hydroxylation is 1. The third-order valence-corrected chi connectivity index (χ3v) is 4.65. The Labute approximate surface area is 176 Å². The van der Waals surface area contributed by atoms with Gasteiger partial charge in [0.15, 0.2) is 5.96 Å². The summed E-state index contributed by atoms with van der Waals surface area (Å²) in [5.41, 5.74) is 1.20. The van der Waals surface area contributed by atoms with Crippen LogP contribution in [0.2, 0.25) is 0 Å². The molecular weight excluding hydrogens is 497 g/mol. The lowest BCUT2D eigenvalue weighted by Gasteiger charge is -2.22. The fourth-order valence-corrected chi connectivity index (χ4v) is 3.46. The maximum absolute atomic E-state index is 12.1. The highest BCUT2D eigenvalue weighted by Crippen LogP contribution is 2.15. The molecule has 0 spiro atoms. The molecule has 1 aliphatic heterocycles. The van der Waals surface area contributed by atoms with Gasteiger partial charge in [0.2, 0.25) is 5.91 Å². The van der Waals surface area contributed by atoms with E-state index in [1.165, 1.54) is 5.69 Å². The summed E-state index contributed by atoms with van der Waals surface area (Å²) in [7, 11) is 4.05. The van der Waals surface area contributed by atoms with E-state index < -0.39 is 0 Å². The highest BCUT2D eigenvalue weighted by atomic mass is 127. The SMILES string of the molecule is CCNC(=NCCC(=O)N1CCCC1)N(C)Cc1cc(Br)cn1C.I. The van der Waals surface area contributed by atoms with Gasteiger partial charge in [-0.1, -0.05) is 0 Å². The average Bonchev–Trinajstić information content (AvgIpc) is 3.16. The molecule has 0 unspecified atom stereocenters. The Balaban J connectivity index is 0.00000312. The predicted octanol–water partition coefficient (Wildman–Crippen LogP) is 2.82. The first-order valence-electron chi connectivity index (χ1n) is 8.59. The van der Waals surface area contributed by atoms with Gasteiger partial charge >= 0.3 is 0 Å². The highest BCUT2D eigenvalue weighted by Gasteiger charge is 2.17. The van der Waals surface area contributed by atoms with Crippen molar-refractivity contribution < 1.29 is 4.79 Å². The molecule has 0 saturated carbocycles. The molecule has 1 N–H and O–H groups in total. The van der Waals surface area contributed by atoms with Crippen LogP contribution in [0.4, 0.5) is 0 Å². The number of carbonyl (C=O) groups excluding carboxylic acids is 1. The largest absolute Gasteiger partial charge is 0.357 e. The van der Waals surface area contributed by atoms with E-state index in [9.17, 15) is 4.79 Å². The molecule has 6 nitrogen and oxygen atoms in total. The van der Waals surface area contributed by atoms with Crippen LogP contribution in [0.1, 0.15) is 31.9 Å². The van der Waals surface area contributed by atoms with Gasteiger partial charge in [-0.3, -0.25) is 9.79 Å². The molecule has 1 aliphatic rings. The van der Waals surface area contributed by atoms with Crippen LogP contribution in [0.15, 0.2) is 21.7 Å². The van der Waals surface area contributed by atoms with E-state index >= 15 is 0 Å². The Morgan fingerprint density at radius 1 is 1.40 bits per heavy atom. The van der Waals surface area contributed by atoms with Gasteiger partial charge in [0.05, 0.1) is 13.1 Å². The van der Waals surface area contributed by atoms with Gasteiger partial charge in [-0.15, -0.1) is 24.0 Å². The Kier molecular flexibility index (Phi) is 9.84. The molecule has 1 amide bonds. The summed E-state index contributed by atoms with van der Waals surface area (Å²) in [5, 5.41) is 3.30. The van der Waals surface area contributed by atoms with Crippen LogP contribution in [-0.4, -0.2) is 59.5 Å². The second-order valence-corrected chi connectivity index (χ2v) is 7.11. The minimum Gasteiger partial charge on any atom is -0.357 e. The van der Waals surface area contributed by atoms with E-state index in [1.807, 2.05) is 25.2 Å². The van der Waals surface area contributed by atoms with Crippen molar-refractivity contribution in [2.75, 3.05) is 33.2 Å². The van der Waals surface area contributed by atoms with Gasteiger partial charge in [0, 0.05) is 56.5 Å². The molecule has 1 aromatic rings. The number of guanidine groups is 1. The zero-order valence-corrected chi connectivity index (χ0v) is 19.2. The molecule has 25 heavy (non-hydrogen) atoms.